The van der Waals surface area contributed by atoms with E-state index in [1.807, 2.05) is 18.2 Å². The van der Waals surface area contributed by atoms with Gasteiger partial charge in [-0.1, -0.05) is 41.2 Å². The van der Waals surface area contributed by atoms with Crippen LogP contribution in [0.25, 0.3) is 0 Å². The normalized spacial score (nSPS) is 13.2. The molecule has 0 aliphatic heterocycles. The first kappa shape index (κ1) is 16.4. The van der Waals surface area contributed by atoms with Crippen LogP contribution in [-0.2, 0) is 11.8 Å². The van der Waals surface area contributed by atoms with E-state index in [0.29, 0.717) is 6.42 Å². The first-order valence-corrected chi connectivity index (χ1v) is 8.30. The molecule has 0 bridgehead atoms. The Morgan fingerprint density at radius 3 is 2.71 bits per heavy atom. The predicted molar refractivity (Wildman–Crippen MR) is 89.9 cm³/mol. The second-order valence-electron chi connectivity index (χ2n) is 6.00. The van der Waals surface area contributed by atoms with Crippen LogP contribution in [0.5, 0.6) is 5.75 Å². The summed E-state index contributed by atoms with van der Waals surface area (Å²) in [6.45, 7) is 6.37. The molecule has 1 aromatic carbocycles. The fourth-order valence-electron chi connectivity index (χ4n) is 2.20. The maximum atomic E-state index is 6.40. The van der Waals surface area contributed by atoms with Gasteiger partial charge in [-0.25, -0.2) is 0 Å². The van der Waals surface area contributed by atoms with Crippen molar-refractivity contribution in [3.63, 3.8) is 0 Å². The van der Waals surface area contributed by atoms with Crippen LogP contribution in [0.3, 0.4) is 0 Å². The molecule has 2 N–H and O–H groups in total. The lowest BCUT2D eigenvalue weighted by Gasteiger charge is -2.20. The zero-order valence-electron chi connectivity index (χ0n) is 12.7. The van der Waals surface area contributed by atoms with Gasteiger partial charge in [0.25, 0.3) is 0 Å². The number of rotatable bonds is 4. The van der Waals surface area contributed by atoms with Crippen molar-refractivity contribution in [1.82, 2.24) is 9.59 Å². The average Bonchev–Trinajstić information content (AvgIpc) is 2.88. The number of nitrogens with two attached hydrogens (primary N) is 1. The lowest BCUT2D eigenvalue weighted by molar-refractivity contribution is 0.408. The highest BCUT2D eigenvalue weighted by Crippen LogP contribution is 2.33. The zero-order chi connectivity index (χ0) is 15.6. The van der Waals surface area contributed by atoms with Gasteiger partial charge in [0.05, 0.1) is 17.7 Å². The Labute approximate surface area is 138 Å². The third-order valence-electron chi connectivity index (χ3n) is 3.24. The van der Waals surface area contributed by atoms with Gasteiger partial charge in [-0.15, -0.1) is 5.10 Å². The van der Waals surface area contributed by atoms with Crippen LogP contribution < -0.4 is 10.5 Å². The molecule has 4 nitrogen and oxygen atoms in total. The van der Waals surface area contributed by atoms with E-state index in [1.165, 1.54) is 11.5 Å². The van der Waals surface area contributed by atoms with Crippen molar-refractivity contribution in [2.75, 3.05) is 7.11 Å². The Balaban J connectivity index is 2.29. The lowest BCUT2D eigenvalue weighted by Crippen LogP contribution is -2.20. The average molecular weight is 370 g/mol. The Morgan fingerprint density at radius 2 is 2.10 bits per heavy atom. The van der Waals surface area contributed by atoms with E-state index < -0.39 is 0 Å². The first-order valence-electron chi connectivity index (χ1n) is 6.73. The Morgan fingerprint density at radius 1 is 1.38 bits per heavy atom. The van der Waals surface area contributed by atoms with Crippen LogP contribution in [-0.4, -0.2) is 16.7 Å². The van der Waals surface area contributed by atoms with Crippen molar-refractivity contribution >= 4 is 27.5 Å². The molecule has 0 amide bonds. The standard InChI is InChI=1S/C15H20BrN3OS/c1-15(2,3)14-13(21-19-18-14)11(17)8-9-7-10(16)5-6-12(9)20-4/h5-7,11H,8,17H2,1-4H3. The Kier molecular flexibility index (Phi) is 5.01. The smallest absolute Gasteiger partial charge is 0.122 e. The number of halogens is 1. The van der Waals surface area contributed by atoms with Gasteiger partial charge in [0, 0.05) is 15.9 Å². The number of aromatic nitrogens is 2. The monoisotopic (exact) mass is 369 g/mol. The molecule has 114 valence electrons. The summed E-state index contributed by atoms with van der Waals surface area (Å²) in [5.41, 5.74) is 8.40. The molecule has 1 heterocycles. The van der Waals surface area contributed by atoms with E-state index in [2.05, 4.69) is 46.3 Å². The van der Waals surface area contributed by atoms with E-state index in [0.717, 1.165) is 26.4 Å². The molecule has 0 radical (unpaired) electrons. The van der Waals surface area contributed by atoms with Gasteiger partial charge in [-0.05, 0) is 41.7 Å². The SMILES string of the molecule is COc1ccc(Br)cc1CC(N)c1snnc1C(C)(C)C. The summed E-state index contributed by atoms with van der Waals surface area (Å²) in [7, 11) is 1.67. The molecular weight excluding hydrogens is 350 g/mol. The summed E-state index contributed by atoms with van der Waals surface area (Å²) in [5.74, 6) is 0.850. The van der Waals surface area contributed by atoms with Crippen molar-refractivity contribution in [2.45, 2.75) is 38.6 Å². The second kappa shape index (κ2) is 6.42. The van der Waals surface area contributed by atoms with Crippen LogP contribution in [0, 0.1) is 0 Å². The number of ether oxygens (including phenoxy) is 1. The van der Waals surface area contributed by atoms with E-state index in [-0.39, 0.29) is 11.5 Å². The third-order valence-corrected chi connectivity index (χ3v) is 4.59. The number of nitrogens with zero attached hydrogens (tertiary/aromatic N) is 2. The minimum atomic E-state index is -0.137. The van der Waals surface area contributed by atoms with Crippen LogP contribution in [0.2, 0.25) is 0 Å². The molecule has 0 spiro atoms. The second-order valence-corrected chi connectivity index (χ2v) is 7.70. The van der Waals surface area contributed by atoms with E-state index in [1.54, 1.807) is 7.11 Å². The quantitative estimate of drug-likeness (QED) is 0.888. The zero-order valence-corrected chi connectivity index (χ0v) is 15.1. The fraction of sp³-hybridized carbons (Fsp3) is 0.467. The van der Waals surface area contributed by atoms with Gasteiger partial charge < -0.3 is 10.5 Å². The molecular formula is C15H20BrN3OS. The van der Waals surface area contributed by atoms with Gasteiger partial charge in [-0.2, -0.15) is 0 Å². The van der Waals surface area contributed by atoms with Gasteiger partial charge in [0.15, 0.2) is 0 Å². The molecule has 2 rings (SSSR count). The number of hydrogen-bond acceptors (Lipinski definition) is 5. The number of hydrogen-bond donors (Lipinski definition) is 1. The van der Waals surface area contributed by atoms with Gasteiger partial charge in [-0.3, -0.25) is 0 Å². The van der Waals surface area contributed by atoms with Crippen molar-refractivity contribution in [1.29, 1.82) is 0 Å². The Bertz CT molecular complexity index is 622. The largest absolute Gasteiger partial charge is 0.496 e. The molecule has 1 aromatic heterocycles. The molecule has 0 saturated heterocycles. The van der Waals surface area contributed by atoms with Crippen molar-refractivity contribution < 1.29 is 4.74 Å². The van der Waals surface area contributed by atoms with Crippen molar-refractivity contribution in [2.24, 2.45) is 5.73 Å². The minimum Gasteiger partial charge on any atom is -0.496 e. The van der Waals surface area contributed by atoms with Crippen molar-refractivity contribution in [3.8, 4) is 5.75 Å². The van der Waals surface area contributed by atoms with Crippen LogP contribution in [0.1, 0.15) is 42.9 Å². The van der Waals surface area contributed by atoms with Crippen molar-refractivity contribution in [3.05, 3.63) is 38.8 Å². The summed E-state index contributed by atoms with van der Waals surface area (Å²) in [4.78, 5) is 1.05. The molecule has 0 saturated carbocycles. The highest BCUT2D eigenvalue weighted by atomic mass is 79.9. The summed E-state index contributed by atoms with van der Waals surface area (Å²) >= 11 is 4.87. The topological polar surface area (TPSA) is 61.0 Å². The summed E-state index contributed by atoms with van der Waals surface area (Å²) in [6, 6.07) is 5.82. The summed E-state index contributed by atoms with van der Waals surface area (Å²) in [6.07, 6.45) is 0.690. The third kappa shape index (κ3) is 3.81. The molecule has 0 aliphatic carbocycles. The summed E-state index contributed by atoms with van der Waals surface area (Å²) < 4.78 is 10.5. The van der Waals surface area contributed by atoms with Gasteiger partial charge in [0.2, 0.25) is 0 Å². The van der Waals surface area contributed by atoms with Gasteiger partial charge >= 0.3 is 0 Å². The molecule has 0 aliphatic rings. The molecule has 1 atom stereocenters. The lowest BCUT2D eigenvalue weighted by atomic mass is 9.89. The molecule has 6 heteroatoms. The minimum absolute atomic E-state index is 0.0543. The highest BCUT2D eigenvalue weighted by Gasteiger charge is 2.26. The first-order chi connectivity index (χ1) is 9.82. The van der Waals surface area contributed by atoms with Crippen LogP contribution >= 0.6 is 27.5 Å². The highest BCUT2D eigenvalue weighted by molar-refractivity contribution is 9.10. The van der Waals surface area contributed by atoms with E-state index in [4.69, 9.17) is 10.5 Å². The fourth-order valence-corrected chi connectivity index (χ4v) is 3.47. The van der Waals surface area contributed by atoms with Crippen LogP contribution in [0.4, 0.5) is 0 Å². The van der Waals surface area contributed by atoms with E-state index >= 15 is 0 Å². The Hall–Kier alpha value is -0.980. The molecule has 21 heavy (non-hydrogen) atoms. The van der Waals surface area contributed by atoms with E-state index in [9.17, 15) is 0 Å². The van der Waals surface area contributed by atoms with Crippen LogP contribution in [0.15, 0.2) is 22.7 Å². The summed E-state index contributed by atoms with van der Waals surface area (Å²) in [5, 5.41) is 4.26. The number of benzene rings is 1. The predicted octanol–water partition coefficient (Wildman–Crippen LogP) is 3.85. The maximum Gasteiger partial charge on any atom is 0.122 e. The maximum absolute atomic E-state index is 6.40. The molecule has 0 fully saturated rings. The molecule has 2 aromatic rings. The number of methoxy groups -OCH3 is 1. The van der Waals surface area contributed by atoms with Gasteiger partial charge in [0.1, 0.15) is 5.75 Å². The molecule has 1 unspecified atom stereocenters.